The first-order chi connectivity index (χ1) is 13.3. The Balaban J connectivity index is 1.59. The molecule has 1 fully saturated rings. The summed E-state index contributed by atoms with van der Waals surface area (Å²) >= 11 is 2.99. The number of hydrogen-bond donors (Lipinski definition) is 1. The highest BCUT2D eigenvalue weighted by Gasteiger charge is 2.23. The fourth-order valence-corrected chi connectivity index (χ4v) is 5.01. The number of nitrogens with zero attached hydrogens (tertiary/aromatic N) is 4. The molecule has 1 aromatic carbocycles. The van der Waals surface area contributed by atoms with E-state index in [0.29, 0.717) is 10.7 Å². The summed E-state index contributed by atoms with van der Waals surface area (Å²) in [5.41, 5.74) is 5.14. The minimum absolute atomic E-state index is 0.0741. The average Bonchev–Trinajstić information content (AvgIpc) is 3.23. The Kier molecular flexibility index (Phi) is 3.15. The number of thiazole rings is 1. The zero-order valence-corrected chi connectivity index (χ0v) is 15.7. The average molecular weight is 391 g/mol. The molecule has 4 heterocycles. The van der Waals surface area contributed by atoms with E-state index in [4.69, 9.17) is 0 Å². The van der Waals surface area contributed by atoms with Crippen molar-refractivity contribution >= 4 is 59.0 Å². The predicted octanol–water partition coefficient (Wildman–Crippen LogP) is 4.18. The number of aromatic nitrogens is 4. The van der Waals surface area contributed by atoms with Crippen LogP contribution in [0.5, 0.6) is 0 Å². The molecular weight excluding hydrogens is 378 g/mol. The van der Waals surface area contributed by atoms with Crippen LogP contribution in [0.2, 0.25) is 0 Å². The van der Waals surface area contributed by atoms with E-state index >= 15 is 0 Å². The second kappa shape index (κ2) is 5.58. The highest BCUT2D eigenvalue weighted by molar-refractivity contribution is 7.25. The maximum Gasteiger partial charge on any atom is 0.275 e. The number of thiophene rings is 1. The Hall–Kier alpha value is -2.84. The third-order valence-corrected chi connectivity index (χ3v) is 6.70. The molecule has 1 N–H and O–H groups in total. The molecule has 0 aliphatic heterocycles. The quantitative estimate of drug-likeness (QED) is 0.499. The van der Waals surface area contributed by atoms with Crippen molar-refractivity contribution in [1.29, 1.82) is 0 Å². The first-order valence-electron chi connectivity index (χ1n) is 8.67. The largest absolute Gasteiger partial charge is 0.382 e. The topological polar surface area (TPSA) is 72.7 Å². The van der Waals surface area contributed by atoms with E-state index in [1.165, 1.54) is 24.2 Å². The van der Waals surface area contributed by atoms with Crippen molar-refractivity contribution in [3.8, 4) is 5.69 Å². The van der Waals surface area contributed by atoms with Gasteiger partial charge in [0.1, 0.15) is 15.9 Å². The van der Waals surface area contributed by atoms with Crippen LogP contribution in [0, 0.1) is 0 Å². The molecular formula is C19H13N5OS2. The van der Waals surface area contributed by atoms with Crippen LogP contribution in [-0.4, -0.2) is 25.6 Å². The molecule has 27 heavy (non-hydrogen) atoms. The highest BCUT2D eigenvalue weighted by Crippen LogP contribution is 2.36. The van der Waals surface area contributed by atoms with Crippen LogP contribution < -0.4 is 10.9 Å². The van der Waals surface area contributed by atoms with Gasteiger partial charge < -0.3 is 5.32 Å². The SMILES string of the molecule is O=c1c2sc3nccc(NC4CC4)c3c2ncn1-c1ccc2scnc2c1. The van der Waals surface area contributed by atoms with Gasteiger partial charge >= 0.3 is 0 Å². The zero-order chi connectivity index (χ0) is 18.0. The van der Waals surface area contributed by atoms with Crippen molar-refractivity contribution in [1.82, 2.24) is 19.5 Å². The van der Waals surface area contributed by atoms with E-state index in [1.54, 1.807) is 28.4 Å². The second-order valence-corrected chi connectivity index (χ2v) is 8.55. The van der Waals surface area contributed by atoms with Crippen molar-refractivity contribution in [2.75, 3.05) is 5.32 Å². The molecule has 0 bridgehead atoms. The minimum atomic E-state index is -0.0741. The molecule has 6 nitrogen and oxygen atoms in total. The van der Waals surface area contributed by atoms with Crippen LogP contribution in [-0.2, 0) is 0 Å². The van der Waals surface area contributed by atoms with Gasteiger partial charge in [0.2, 0.25) is 0 Å². The summed E-state index contributed by atoms with van der Waals surface area (Å²) in [5.74, 6) is 0. The molecule has 0 radical (unpaired) electrons. The molecule has 1 saturated carbocycles. The molecule has 1 aliphatic rings. The van der Waals surface area contributed by atoms with Crippen molar-refractivity contribution < 1.29 is 0 Å². The van der Waals surface area contributed by atoms with Gasteiger partial charge in [0.15, 0.2) is 0 Å². The third kappa shape index (κ3) is 2.37. The Morgan fingerprint density at radius 3 is 2.96 bits per heavy atom. The van der Waals surface area contributed by atoms with Crippen LogP contribution in [0.25, 0.3) is 36.3 Å². The number of pyridine rings is 1. The maximum atomic E-state index is 13.2. The molecule has 0 spiro atoms. The molecule has 6 rings (SSSR count). The first kappa shape index (κ1) is 15.2. The lowest BCUT2D eigenvalue weighted by Crippen LogP contribution is -2.17. The lowest BCUT2D eigenvalue weighted by Gasteiger charge is -2.07. The fraction of sp³-hybridized carbons (Fsp3) is 0.158. The number of fused-ring (bicyclic) bond motifs is 4. The van der Waals surface area contributed by atoms with E-state index in [2.05, 4.69) is 20.3 Å². The summed E-state index contributed by atoms with van der Waals surface area (Å²) in [7, 11) is 0. The highest BCUT2D eigenvalue weighted by atomic mass is 32.1. The summed E-state index contributed by atoms with van der Waals surface area (Å²) in [4.78, 5) is 27.5. The summed E-state index contributed by atoms with van der Waals surface area (Å²) in [6.45, 7) is 0. The number of benzene rings is 1. The van der Waals surface area contributed by atoms with Gasteiger partial charge in [-0.3, -0.25) is 9.36 Å². The lowest BCUT2D eigenvalue weighted by molar-refractivity contribution is 0.969. The molecule has 0 saturated heterocycles. The van der Waals surface area contributed by atoms with Crippen molar-refractivity contribution in [3.63, 3.8) is 0 Å². The number of nitrogens with one attached hydrogen (secondary N) is 1. The van der Waals surface area contributed by atoms with Crippen molar-refractivity contribution in [3.05, 3.63) is 52.7 Å². The van der Waals surface area contributed by atoms with E-state index in [1.807, 2.05) is 29.8 Å². The summed E-state index contributed by atoms with van der Waals surface area (Å²) in [5, 5.41) is 4.48. The van der Waals surface area contributed by atoms with Crippen LogP contribution in [0.4, 0.5) is 5.69 Å². The van der Waals surface area contributed by atoms with E-state index in [0.717, 1.165) is 37.3 Å². The molecule has 8 heteroatoms. The number of rotatable bonds is 3. The lowest BCUT2D eigenvalue weighted by atomic mass is 10.2. The third-order valence-electron chi connectivity index (χ3n) is 4.81. The van der Waals surface area contributed by atoms with Gasteiger partial charge in [0.25, 0.3) is 5.56 Å². The van der Waals surface area contributed by atoms with Crippen LogP contribution in [0.15, 0.2) is 47.1 Å². The predicted molar refractivity (Wildman–Crippen MR) is 110 cm³/mol. The van der Waals surface area contributed by atoms with Gasteiger partial charge in [0, 0.05) is 17.9 Å². The van der Waals surface area contributed by atoms with Crippen molar-refractivity contribution in [2.45, 2.75) is 18.9 Å². The molecule has 5 aromatic rings. The molecule has 4 aromatic heterocycles. The molecule has 0 atom stereocenters. The monoisotopic (exact) mass is 391 g/mol. The maximum absolute atomic E-state index is 13.2. The minimum Gasteiger partial charge on any atom is -0.382 e. The number of hydrogen-bond acceptors (Lipinski definition) is 7. The molecule has 0 amide bonds. The van der Waals surface area contributed by atoms with Gasteiger partial charge in [-0.1, -0.05) is 0 Å². The molecule has 132 valence electrons. The smallest absolute Gasteiger partial charge is 0.275 e. The standard InChI is InChI=1S/C19H13N5OS2/c25-19-17-16(15-12(23-10-1-2-10)5-6-20-18(15)27-17)21-8-24(19)11-3-4-14-13(7-11)22-9-26-14/h3-10H,1-2H2,(H,20,23). The Morgan fingerprint density at radius 1 is 1.15 bits per heavy atom. The van der Waals surface area contributed by atoms with Crippen molar-refractivity contribution in [2.24, 2.45) is 0 Å². The Bertz CT molecular complexity index is 1400. The van der Waals surface area contributed by atoms with Crippen LogP contribution in [0.1, 0.15) is 12.8 Å². The Morgan fingerprint density at radius 2 is 2.07 bits per heavy atom. The first-order valence-corrected chi connectivity index (χ1v) is 10.4. The molecule has 0 unspecified atom stereocenters. The van der Waals surface area contributed by atoms with Gasteiger partial charge in [0.05, 0.1) is 32.3 Å². The summed E-state index contributed by atoms with van der Waals surface area (Å²) in [6.07, 6.45) is 5.77. The summed E-state index contributed by atoms with van der Waals surface area (Å²) in [6, 6.07) is 8.34. The van der Waals surface area contributed by atoms with E-state index in [9.17, 15) is 4.79 Å². The van der Waals surface area contributed by atoms with Gasteiger partial charge in [-0.25, -0.2) is 15.0 Å². The zero-order valence-electron chi connectivity index (χ0n) is 14.0. The number of anilines is 1. The fourth-order valence-electron chi connectivity index (χ4n) is 3.30. The van der Waals surface area contributed by atoms with Gasteiger partial charge in [-0.2, -0.15) is 0 Å². The van der Waals surface area contributed by atoms with Crippen LogP contribution >= 0.6 is 22.7 Å². The van der Waals surface area contributed by atoms with E-state index in [-0.39, 0.29) is 5.56 Å². The van der Waals surface area contributed by atoms with Crippen LogP contribution in [0.3, 0.4) is 0 Å². The van der Waals surface area contributed by atoms with E-state index < -0.39 is 0 Å². The normalized spacial score (nSPS) is 14.4. The molecule has 1 aliphatic carbocycles. The summed E-state index contributed by atoms with van der Waals surface area (Å²) < 4.78 is 3.32. The van der Waals surface area contributed by atoms with Gasteiger partial charge in [-0.05, 0) is 37.1 Å². The van der Waals surface area contributed by atoms with Gasteiger partial charge in [-0.15, -0.1) is 22.7 Å². The second-order valence-electron chi connectivity index (χ2n) is 6.66. The Labute approximate surface area is 161 Å².